The lowest BCUT2D eigenvalue weighted by Crippen LogP contribution is -2.29. The van der Waals surface area contributed by atoms with Gasteiger partial charge in [-0.05, 0) is 49.9 Å². The van der Waals surface area contributed by atoms with Gasteiger partial charge in [0.2, 0.25) is 0 Å². The van der Waals surface area contributed by atoms with E-state index >= 15 is 0 Å². The van der Waals surface area contributed by atoms with Crippen LogP contribution >= 0.6 is 0 Å². The number of rotatable bonds is 3. The molecule has 0 radical (unpaired) electrons. The SMILES string of the molecule is CC(C)C1CCC(C#N)(CC2CCCC2)CC1. The molecule has 0 atom stereocenters. The molecule has 0 bridgehead atoms. The minimum Gasteiger partial charge on any atom is -0.198 e. The van der Waals surface area contributed by atoms with Crippen molar-refractivity contribution < 1.29 is 0 Å². The summed E-state index contributed by atoms with van der Waals surface area (Å²) >= 11 is 0. The summed E-state index contributed by atoms with van der Waals surface area (Å²) in [6.07, 6.45) is 11.7. The quantitative estimate of drug-likeness (QED) is 0.678. The molecular weight excluding hydrogens is 206 g/mol. The predicted molar refractivity (Wildman–Crippen MR) is 71.4 cm³/mol. The van der Waals surface area contributed by atoms with Crippen LogP contribution in [0.5, 0.6) is 0 Å². The van der Waals surface area contributed by atoms with Crippen LogP contribution in [0.2, 0.25) is 0 Å². The van der Waals surface area contributed by atoms with Crippen LogP contribution in [-0.4, -0.2) is 0 Å². The summed E-state index contributed by atoms with van der Waals surface area (Å²) < 4.78 is 0. The standard InChI is InChI=1S/C16H27N/c1-13(2)15-7-9-16(12-17,10-8-15)11-14-5-3-4-6-14/h13-15H,3-11H2,1-2H3. The molecule has 2 saturated carbocycles. The van der Waals surface area contributed by atoms with E-state index in [1.165, 1.54) is 57.8 Å². The average molecular weight is 233 g/mol. The van der Waals surface area contributed by atoms with Gasteiger partial charge in [-0.25, -0.2) is 0 Å². The topological polar surface area (TPSA) is 23.8 Å². The normalized spacial score (nSPS) is 35.1. The third-order valence-corrected chi connectivity index (χ3v) is 5.32. The first-order valence-corrected chi connectivity index (χ1v) is 7.56. The number of nitrogens with zero attached hydrogens (tertiary/aromatic N) is 1. The first-order valence-electron chi connectivity index (χ1n) is 7.56. The van der Waals surface area contributed by atoms with Gasteiger partial charge >= 0.3 is 0 Å². The Kier molecular flexibility index (Phi) is 4.13. The summed E-state index contributed by atoms with van der Waals surface area (Å²) in [5.74, 6) is 2.54. The van der Waals surface area contributed by atoms with E-state index < -0.39 is 0 Å². The van der Waals surface area contributed by atoms with Crippen molar-refractivity contribution in [3.8, 4) is 6.07 Å². The Hall–Kier alpha value is -0.510. The van der Waals surface area contributed by atoms with Gasteiger partial charge in [-0.15, -0.1) is 0 Å². The second-order valence-electron chi connectivity index (χ2n) is 6.83. The van der Waals surface area contributed by atoms with Gasteiger partial charge in [-0.1, -0.05) is 39.5 Å². The van der Waals surface area contributed by atoms with Crippen LogP contribution in [0.25, 0.3) is 0 Å². The van der Waals surface area contributed by atoms with Gasteiger partial charge in [-0.2, -0.15) is 5.26 Å². The van der Waals surface area contributed by atoms with Gasteiger partial charge in [0.25, 0.3) is 0 Å². The summed E-state index contributed by atoms with van der Waals surface area (Å²) in [6, 6.07) is 2.70. The first kappa shape index (κ1) is 12.9. The second kappa shape index (κ2) is 5.42. The number of hydrogen-bond donors (Lipinski definition) is 0. The summed E-state index contributed by atoms with van der Waals surface area (Å²) in [5, 5.41) is 9.58. The van der Waals surface area contributed by atoms with E-state index in [1.54, 1.807) is 0 Å². The van der Waals surface area contributed by atoms with Crippen molar-refractivity contribution in [3.63, 3.8) is 0 Å². The van der Waals surface area contributed by atoms with E-state index in [4.69, 9.17) is 0 Å². The Balaban J connectivity index is 1.91. The molecule has 0 saturated heterocycles. The largest absolute Gasteiger partial charge is 0.198 e. The molecule has 0 spiro atoms. The van der Waals surface area contributed by atoms with Crippen molar-refractivity contribution in [1.82, 2.24) is 0 Å². The maximum atomic E-state index is 9.58. The van der Waals surface area contributed by atoms with Crippen molar-refractivity contribution in [2.75, 3.05) is 0 Å². The molecule has 2 fully saturated rings. The molecule has 0 aliphatic heterocycles. The number of nitriles is 1. The average Bonchev–Trinajstić information content (AvgIpc) is 2.82. The fraction of sp³-hybridized carbons (Fsp3) is 0.938. The minimum absolute atomic E-state index is 0.0559. The van der Waals surface area contributed by atoms with Crippen LogP contribution in [-0.2, 0) is 0 Å². The van der Waals surface area contributed by atoms with Crippen molar-refractivity contribution in [1.29, 1.82) is 5.26 Å². The Bertz CT molecular complexity index is 272. The fourth-order valence-electron chi connectivity index (χ4n) is 3.99. The lowest BCUT2D eigenvalue weighted by Gasteiger charge is -2.38. The Morgan fingerprint density at radius 1 is 1.12 bits per heavy atom. The van der Waals surface area contributed by atoms with Crippen LogP contribution in [0.1, 0.15) is 71.6 Å². The second-order valence-corrected chi connectivity index (χ2v) is 6.83. The third kappa shape index (κ3) is 3.03. The molecule has 2 rings (SSSR count). The molecule has 1 heteroatoms. The molecular formula is C16H27N. The summed E-state index contributed by atoms with van der Waals surface area (Å²) in [7, 11) is 0. The molecule has 0 aromatic carbocycles. The zero-order valence-electron chi connectivity index (χ0n) is 11.5. The summed E-state index contributed by atoms with van der Waals surface area (Å²) in [5.41, 5.74) is 0.0559. The van der Waals surface area contributed by atoms with E-state index in [2.05, 4.69) is 19.9 Å². The van der Waals surface area contributed by atoms with Crippen molar-refractivity contribution in [2.24, 2.45) is 23.2 Å². The minimum atomic E-state index is 0.0559. The van der Waals surface area contributed by atoms with Crippen LogP contribution in [0, 0.1) is 34.5 Å². The molecule has 2 aliphatic carbocycles. The van der Waals surface area contributed by atoms with E-state index in [0.717, 1.165) is 17.8 Å². The summed E-state index contributed by atoms with van der Waals surface area (Å²) in [6.45, 7) is 4.67. The Labute approximate surface area is 107 Å². The van der Waals surface area contributed by atoms with Gasteiger partial charge in [0.1, 0.15) is 0 Å². The van der Waals surface area contributed by atoms with Crippen molar-refractivity contribution in [2.45, 2.75) is 71.6 Å². The highest BCUT2D eigenvalue weighted by Gasteiger charge is 2.38. The van der Waals surface area contributed by atoms with Crippen LogP contribution in [0.3, 0.4) is 0 Å². The zero-order chi connectivity index (χ0) is 12.3. The smallest absolute Gasteiger partial charge is 0.0689 e. The molecule has 2 aliphatic rings. The number of hydrogen-bond acceptors (Lipinski definition) is 1. The van der Waals surface area contributed by atoms with Crippen molar-refractivity contribution in [3.05, 3.63) is 0 Å². The van der Waals surface area contributed by atoms with E-state index in [1.807, 2.05) is 0 Å². The lowest BCUT2D eigenvalue weighted by atomic mass is 9.65. The Morgan fingerprint density at radius 3 is 2.18 bits per heavy atom. The van der Waals surface area contributed by atoms with Gasteiger partial charge in [0.15, 0.2) is 0 Å². The maximum absolute atomic E-state index is 9.58. The maximum Gasteiger partial charge on any atom is 0.0689 e. The van der Waals surface area contributed by atoms with Gasteiger partial charge in [0, 0.05) is 0 Å². The molecule has 1 nitrogen and oxygen atoms in total. The monoisotopic (exact) mass is 233 g/mol. The van der Waals surface area contributed by atoms with Gasteiger partial charge in [-0.3, -0.25) is 0 Å². The van der Waals surface area contributed by atoms with Crippen LogP contribution in [0.15, 0.2) is 0 Å². The molecule has 0 N–H and O–H groups in total. The lowest BCUT2D eigenvalue weighted by molar-refractivity contribution is 0.147. The molecule has 96 valence electrons. The van der Waals surface area contributed by atoms with Gasteiger partial charge in [0.05, 0.1) is 11.5 Å². The van der Waals surface area contributed by atoms with E-state index in [9.17, 15) is 5.26 Å². The van der Waals surface area contributed by atoms with Gasteiger partial charge < -0.3 is 0 Å². The molecule has 0 aromatic heterocycles. The Morgan fingerprint density at radius 2 is 1.71 bits per heavy atom. The first-order chi connectivity index (χ1) is 8.15. The van der Waals surface area contributed by atoms with Crippen LogP contribution in [0.4, 0.5) is 0 Å². The van der Waals surface area contributed by atoms with Crippen molar-refractivity contribution >= 4 is 0 Å². The third-order valence-electron chi connectivity index (χ3n) is 5.32. The van der Waals surface area contributed by atoms with E-state index in [-0.39, 0.29) is 5.41 Å². The molecule has 0 heterocycles. The molecule has 0 amide bonds. The molecule has 0 aromatic rings. The highest BCUT2D eigenvalue weighted by Crippen LogP contribution is 2.47. The fourth-order valence-corrected chi connectivity index (χ4v) is 3.99. The summed E-state index contributed by atoms with van der Waals surface area (Å²) in [4.78, 5) is 0. The molecule has 0 unspecified atom stereocenters. The van der Waals surface area contributed by atoms with Crippen LogP contribution < -0.4 is 0 Å². The highest BCUT2D eigenvalue weighted by molar-refractivity contribution is 5.03. The molecule has 17 heavy (non-hydrogen) atoms. The zero-order valence-corrected chi connectivity index (χ0v) is 11.5. The highest BCUT2D eigenvalue weighted by atomic mass is 14.4. The van der Waals surface area contributed by atoms with E-state index in [0.29, 0.717) is 0 Å². The predicted octanol–water partition coefficient (Wildman–Crippen LogP) is 4.92.